The Balaban J connectivity index is 1.73. The number of amides is 1. The van der Waals surface area contributed by atoms with Crippen LogP contribution in [0, 0.1) is 0 Å². The summed E-state index contributed by atoms with van der Waals surface area (Å²) < 4.78 is 27.5. The third-order valence-electron chi connectivity index (χ3n) is 4.54. The monoisotopic (exact) mass is 471 g/mol. The van der Waals surface area contributed by atoms with E-state index in [4.69, 9.17) is 11.6 Å². The molecule has 7 nitrogen and oxygen atoms in total. The van der Waals surface area contributed by atoms with E-state index in [0.717, 1.165) is 9.87 Å². The molecule has 0 unspecified atom stereocenters. The van der Waals surface area contributed by atoms with Crippen LogP contribution in [-0.4, -0.2) is 43.0 Å². The molecule has 0 aliphatic rings. The number of phenols is 1. The zero-order chi connectivity index (χ0) is 23.0. The largest absolute Gasteiger partial charge is 0.508 e. The van der Waals surface area contributed by atoms with Gasteiger partial charge < -0.3 is 5.11 Å². The quantitative estimate of drug-likeness (QED) is 0.369. The summed E-state index contributed by atoms with van der Waals surface area (Å²) in [7, 11) is -3.94. The number of hydrogen-bond acceptors (Lipinski definition) is 5. The number of hydrogen-bond donors (Lipinski definition) is 2. The first-order chi connectivity index (χ1) is 15.3. The summed E-state index contributed by atoms with van der Waals surface area (Å²) in [4.78, 5) is 12.5. The molecule has 3 rings (SSSR count). The Morgan fingerprint density at radius 2 is 1.75 bits per heavy atom. The highest BCUT2D eigenvalue weighted by Crippen LogP contribution is 2.19. The Kier molecular flexibility index (Phi) is 7.99. The molecule has 0 saturated heterocycles. The van der Waals surface area contributed by atoms with Gasteiger partial charge in [0.2, 0.25) is 10.0 Å². The van der Waals surface area contributed by atoms with Gasteiger partial charge in [-0.15, -0.1) is 0 Å². The first-order valence-corrected chi connectivity index (χ1v) is 11.6. The predicted octanol–water partition coefficient (Wildman–Crippen LogP) is 3.43. The lowest BCUT2D eigenvalue weighted by Crippen LogP contribution is -2.40. The first kappa shape index (κ1) is 23.5. The Bertz CT molecular complexity index is 1180. The molecule has 2 N–H and O–H groups in total. The number of aromatic hydroxyl groups is 1. The van der Waals surface area contributed by atoms with Crippen molar-refractivity contribution >= 4 is 33.7 Å². The highest BCUT2D eigenvalue weighted by atomic mass is 35.5. The van der Waals surface area contributed by atoms with Crippen LogP contribution in [0.1, 0.15) is 11.1 Å². The molecule has 9 heteroatoms. The van der Waals surface area contributed by atoms with E-state index in [1.165, 1.54) is 42.6 Å². The Morgan fingerprint density at radius 3 is 2.44 bits per heavy atom. The lowest BCUT2D eigenvalue weighted by atomic mass is 10.1. The maximum atomic E-state index is 13.2. The van der Waals surface area contributed by atoms with Crippen molar-refractivity contribution in [3.05, 3.63) is 95.0 Å². The van der Waals surface area contributed by atoms with Gasteiger partial charge in [-0.05, 0) is 53.9 Å². The number of sulfonamides is 1. The van der Waals surface area contributed by atoms with Gasteiger partial charge in [-0.1, -0.05) is 54.1 Å². The number of halogens is 1. The topological polar surface area (TPSA) is 99.1 Å². The summed E-state index contributed by atoms with van der Waals surface area (Å²) in [5.41, 5.74) is 3.87. The SMILES string of the molecule is O=C(CN(CCc1ccccc1)S(=O)(=O)c1ccc(Cl)cc1)NN=Cc1cccc(O)c1. The van der Waals surface area contributed by atoms with Crippen molar-refractivity contribution in [3.63, 3.8) is 0 Å². The van der Waals surface area contributed by atoms with Gasteiger partial charge in [0, 0.05) is 11.6 Å². The maximum absolute atomic E-state index is 13.2. The number of carbonyl (C=O) groups excluding carboxylic acids is 1. The zero-order valence-electron chi connectivity index (χ0n) is 17.1. The summed E-state index contributed by atoms with van der Waals surface area (Å²) >= 11 is 5.88. The van der Waals surface area contributed by atoms with Crippen LogP contribution >= 0.6 is 11.6 Å². The molecule has 32 heavy (non-hydrogen) atoms. The van der Waals surface area contributed by atoms with Crippen LogP contribution in [0.4, 0.5) is 0 Å². The normalized spacial score (nSPS) is 11.7. The van der Waals surface area contributed by atoms with Crippen molar-refractivity contribution in [2.75, 3.05) is 13.1 Å². The molecule has 3 aromatic carbocycles. The van der Waals surface area contributed by atoms with Gasteiger partial charge in [-0.25, -0.2) is 13.8 Å². The van der Waals surface area contributed by atoms with Crippen LogP contribution in [0.3, 0.4) is 0 Å². The van der Waals surface area contributed by atoms with Crippen LogP contribution in [0.2, 0.25) is 5.02 Å². The molecule has 0 radical (unpaired) electrons. The average Bonchev–Trinajstić information content (AvgIpc) is 2.77. The predicted molar refractivity (Wildman–Crippen MR) is 124 cm³/mol. The van der Waals surface area contributed by atoms with Gasteiger partial charge in [0.1, 0.15) is 5.75 Å². The van der Waals surface area contributed by atoms with Crippen molar-refractivity contribution in [1.82, 2.24) is 9.73 Å². The molecular formula is C23H22ClN3O4S. The molecule has 3 aromatic rings. The third kappa shape index (κ3) is 6.65. The number of nitrogens with zero attached hydrogens (tertiary/aromatic N) is 2. The highest BCUT2D eigenvalue weighted by Gasteiger charge is 2.26. The minimum Gasteiger partial charge on any atom is -0.508 e. The Hall–Kier alpha value is -3.20. The molecule has 0 fully saturated rings. The van der Waals surface area contributed by atoms with Gasteiger partial charge >= 0.3 is 0 Å². The van der Waals surface area contributed by atoms with Crippen LogP contribution in [0.15, 0.2) is 88.9 Å². The van der Waals surface area contributed by atoms with Gasteiger partial charge in [0.15, 0.2) is 0 Å². The molecule has 0 saturated carbocycles. The minimum atomic E-state index is -3.94. The van der Waals surface area contributed by atoms with Gasteiger partial charge in [-0.2, -0.15) is 9.41 Å². The summed E-state index contributed by atoms with van der Waals surface area (Å²) in [6.45, 7) is -0.298. The van der Waals surface area contributed by atoms with Crippen molar-refractivity contribution in [2.45, 2.75) is 11.3 Å². The second kappa shape index (κ2) is 10.9. The van der Waals surface area contributed by atoms with Gasteiger partial charge in [-0.3, -0.25) is 4.79 Å². The lowest BCUT2D eigenvalue weighted by molar-refractivity contribution is -0.121. The van der Waals surface area contributed by atoms with Crippen molar-refractivity contribution < 1.29 is 18.3 Å². The summed E-state index contributed by atoms with van der Waals surface area (Å²) in [5, 5.41) is 13.7. The summed E-state index contributed by atoms with van der Waals surface area (Å²) in [6, 6.07) is 21.5. The highest BCUT2D eigenvalue weighted by molar-refractivity contribution is 7.89. The number of nitrogens with one attached hydrogen (secondary N) is 1. The van der Waals surface area contributed by atoms with E-state index in [-0.39, 0.29) is 17.2 Å². The van der Waals surface area contributed by atoms with Gasteiger partial charge in [0.25, 0.3) is 5.91 Å². The van der Waals surface area contributed by atoms with Crippen molar-refractivity contribution in [1.29, 1.82) is 0 Å². The molecule has 0 spiro atoms. The molecular weight excluding hydrogens is 450 g/mol. The second-order valence-electron chi connectivity index (χ2n) is 6.92. The molecule has 0 aliphatic heterocycles. The molecule has 0 aromatic heterocycles. The smallest absolute Gasteiger partial charge is 0.255 e. The maximum Gasteiger partial charge on any atom is 0.255 e. The first-order valence-electron chi connectivity index (χ1n) is 9.75. The Labute approximate surface area is 192 Å². The molecule has 166 valence electrons. The van der Waals surface area contributed by atoms with Crippen molar-refractivity contribution in [3.8, 4) is 5.75 Å². The summed E-state index contributed by atoms with van der Waals surface area (Å²) in [5.74, 6) is -0.520. The van der Waals surface area contributed by atoms with Crippen LogP contribution in [0.5, 0.6) is 5.75 Å². The van der Waals surface area contributed by atoms with E-state index in [0.29, 0.717) is 17.0 Å². The van der Waals surface area contributed by atoms with E-state index >= 15 is 0 Å². The number of rotatable bonds is 9. The number of benzene rings is 3. The standard InChI is InChI=1S/C23H22ClN3O4S/c24-20-9-11-22(12-10-20)32(30,31)27(14-13-18-5-2-1-3-6-18)17-23(29)26-25-16-19-7-4-8-21(28)15-19/h1-12,15-16,28H,13-14,17H2,(H,26,29). The lowest BCUT2D eigenvalue weighted by Gasteiger charge is -2.21. The van der Waals surface area contributed by atoms with E-state index in [1.807, 2.05) is 30.3 Å². The van der Waals surface area contributed by atoms with Crippen LogP contribution in [0.25, 0.3) is 0 Å². The number of hydrazone groups is 1. The van der Waals surface area contributed by atoms with Crippen LogP contribution < -0.4 is 5.43 Å². The molecule has 0 aliphatic carbocycles. The minimum absolute atomic E-state index is 0.0472. The fourth-order valence-electron chi connectivity index (χ4n) is 2.92. The zero-order valence-corrected chi connectivity index (χ0v) is 18.6. The molecule has 0 bridgehead atoms. The molecule has 0 atom stereocenters. The second-order valence-corrected chi connectivity index (χ2v) is 9.29. The molecule has 0 heterocycles. The van der Waals surface area contributed by atoms with Crippen LogP contribution in [-0.2, 0) is 21.2 Å². The van der Waals surface area contributed by atoms with E-state index in [9.17, 15) is 18.3 Å². The van der Waals surface area contributed by atoms with E-state index in [1.54, 1.807) is 12.1 Å². The number of carbonyl (C=O) groups is 1. The third-order valence-corrected chi connectivity index (χ3v) is 6.65. The van der Waals surface area contributed by atoms with E-state index < -0.39 is 22.5 Å². The van der Waals surface area contributed by atoms with E-state index in [2.05, 4.69) is 10.5 Å². The fraction of sp³-hybridized carbons (Fsp3) is 0.130. The Morgan fingerprint density at radius 1 is 1.03 bits per heavy atom. The number of phenolic OH excluding ortho intramolecular Hbond substituents is 1. The average molecular weight is 472 g/mol. The molecule has 1 amide bonds. The van der Waals surface area contributed by atoms with Crippen molar-refractivity contribution in [2.24, 2.45) is 5.10 Å². The van der Waals surface area contributed by atoms with Gasteiger partial charge in [0.05, 0.1) is 17.7 Å². The summed E-state index contributed by atoms with van der Waals surface area (Å²) in [6.07, 6.45) is 1.80. The fourth-order valence-corrected chi connectivity index (χ4v) is 4.44.